The molecule has 1 unspecified atom stereocenters. The van der Waals surface area contributed by atoms with Gasteiger partial charge in [0.15, 0.2) is 13.9 Å². The SMILES string of the molecule is CC/C=C\CC/C=C/[C@H]1CC[C@@H](O[Si](C)(C)C)[C@@H]1C/C=C\CCC(C)(O)C(=O)OC. The Hall–Kier alpha value is -1.17. The molecule has 1 fully saturated rings. The lowest BCUT2D eigenvalue weighted by atomic mass is 9.90. The molecule has 30 heavy (non-hydrogen) atoms. The van der Waals surface area contributed by atoms with E-state index in [4.69, 9.17) is 4.43 Å². The number of carbonyl (C=O) groups excluding carboxylic acids is 1. The summed E-state index contributed by atoms with van der Waals surface area (Å²) in [6.45, 7) is 10.5. The van der Waals surface area contributed by atoms with Gasteiger partial charge in [-0.3, -0.25) is 0 Å². The zero-order valence-electron chi connectivity index (χ0n) is 20.0. The second kappa shape index (κ2) is 13.3. The molecule has 172 valence electrons. The molecule has 0 aromatic heterocycles. The average Bonchev–Trinajstić information content (AvgIpc) is 3.03. The van der Waals surface area contributed by atoms with E-state index in [0.29, 0.717) is 30.8 Å². The maximum absolute atomic E-state index is 11.6. The Labute approximate surface area is 185 Å². The fourth-order valence-electron chi connectivity index (χ4n) is 4.03. The molecule has 0 spiro atoms. The summed E-state index contributed by atoms with van der Waals surface area (Å²) in [5, 5.41) is 10.1. The summed E-state index contributed by atoms with van der Waals surface area (Å²) in [4.78, 5) is 11.6. The minimum Gasteiger partial charge on any atom is -0.467 e. The minimum absolute atomic E-state index is 0.328. The molecule has 0 amide bonds. The van der Waals surface area contributed by atoms with Crippen molar-refractivity contribution >= 4 is 14.3 Å². The maximum atomic E-state index is 11.6. The van der Waals surface area contributed by atoms with Gasteiger partial charge in [-0.1, -0.05) is 43.4 Å². The first-order valence-electron chi connectivity index (χ1n) is 11.6. The van der Waals surface area contributed by atoms with Gasteiger partial charge in [0.05, 0.1) is 7.11 Å². The van der Waals surface area contributed by atoms with Crippen LogP contribution in [0.25, 0.3) is 0 Å². The lowest BCUT2D eigenvalue weighted by Gasteiger charge is -2.29. The summed E-state index contributed by atoms with van der Waals surface area (Å²) < 4.78 is 11.2. The number of rotatable bonds is 13. The normalized spacial score (nSPS) is 24.8. The molecule has 1 rings (SSSR count). The van der Waals surface area contributed by atoms with Gasteiger partial charge in [-0.15, -0.1) is 0 Å². The third-order valence-electron chi connectivity index (χ3n) is 5.60. The first-order valence-corrected chi connectivity index (χ1v) is 15.0. The molecular formula is C25H44O4Si. The van der Waals surface area contributed by atoms with Gasteiger partial charge in [0.2, 0.25) is 0 Å². The zero-order valence-corrected chi connectivity index (χ0v) is 21.0. The molecule has 0 aromatic carbocycles. The predicted octanol–water partition coefficient (Wildman–Crippen LogP) is 6.19. The molecule has 0 bridgehead atoms. The van der Waals surface area contributed by atoms with Crippen LogP contribution in [0.2, 0.25) is 19.6 Å². The summed E-state index contributed by atoms with van der Waals surface area (Å²) in [6.07, 6.45) is 21.5. The van der Waals surface area contributed by atoms with Crippen LogP contribution in [-0.4, -0.2) is 38.2 Å². The van der Waals surface area contributed by atoms with Crippen LogP contribution < -0.4 is 0 Å². The Bertz CT molecular complexity index is 586. The molecule has 4 atom stereocenters. The minimum atomic E-state index is -1.58. The van der Waals surface area contributed by atoms with Crippen LogP contribution in [0.15, 0.2) is 36.5 Å². The smallest absolute Gasteiger partial charge is 0.337 e. The van der Waals surface area contributed by atoms with E-state index in [1.54, 1.807) is 0 Å². The monoisotopic (exact) mass is 436 g/mol. The van der Waals surface area contributed by atoms with Crippen LogP contribution in [0, 0.1) is 11.8 Å². The van der Waals surface area contributed by atoms with Crippen molar-refractivity contribution in [2.24, 2.45) is 11.8 Å². The Morgan fingerprint density at radius 3 is 2.37 bits per heavy atom. The van der Waals surface area contributed by atoms with Gasteiger partial charge in [0.25, 0.3) is 0 Å². The highest BCUT2D eigenvalue weighted by Crippen LogP contribution is 2.39. The molecule has 1 aliphatic rings. The standard InChI is InChI=1S/C25H44O4Si/c1-7-8-9-10-11-13-16-21-18-19-23(29-30(4,5)6)22(21)17-14-12-15-20-25(2,27)24(26)28-3/h8-9,12-14,16,21-23,27H,7,10-11,15,17-20H2,1-6H3/b9-8-,14-12-,16-13+/t21-,22+,23+,25?/m0/s1. The molecule has 1 N–H and O–H groups in total. The Balaban J connectivity index is 2.65. The topological polar surface area (TPSA) is 55.8 Å². The van der Waals surface area contributed by atoms with Gasteiger partial charge in [-0.2, -0.15) is 0 Å². The highest BCUT2D eigenvalue weighted by molar-refractivity contribution is 6.69. The van der Waals surface area contributed by atoms with E-state index in [2.05, 4.69) is 67.8 Å². The van der Waals surface area contributed by atoms with Crippen molar-refractivity contribution in [3.8, 4) is 0 Å². The molecule has 0 heterocycles. The van der Waals surface area contributed by atoms with E-state index >= 15 is 0 Å². The Morgan fingerprint density at radius 1 is 1.07 bits per heavy atom. The molecule has 1 saturated carbocycles. The van der Waals surface area contributed by atoms with Gasteiger partial charge in [0.1, 0.15) is 0 Å². The molecule has 4 nitrogen and oxygen atoms in total. The Morgan fingerprint density at radius 2 is 1.73 bits per heavy atom. The largest absolute Gasteiger partial charge is 0.467 e. The summed E-state index contributed by atoms with van der Waals surface area (Å²) >= 11 is 0. The second-order valence-corrected chi connectivity index (χ2v) is 14.0. The number of hydrogen-bond acceptors (Lipinski definition) is 4. The fourth-order valence-corrected chi connectivity index (χ4v) is 5.23. The molecule has 1 aliphatic carbocycles. The number of ether oxygens (including phenoxy) is 1. The summed E-state index contributed by atoms with van der Waals surface area (Å²) in [7, 11) is -0.280. The number of unbranched alkanes of at least 4 members (excludes halogenated alkanes) is 1. The van der Waals surface area contributed by atoms with E-state index in [1.165, 1.54) is 20.5 Å². The van der Waals surface area contributed by atoms with E-state index in [9.17, 15) is 9.90 Å². The van der Waals surface area contributed by atoms with E-state index < -0.39 is 19.9 Å². The van der Waals surface area contributed by atoms with Crippen molar-refractivity contribution < 1.29 is 19.1 Å². The van der Waals surface area contributed by atoms with Gasteiger partial charge < -0.3 is 14.3 Å². The lowest BCUT2D eigenvalue weighted by Crippen LogP contribution is -2.35. The summed E-state index contributed by atoms with van der Waals surface area (Å²) in [5.74, 6) is 0.482. The predicted molar refractivity (Wildman–Crippen MR) is 128 cm³/mol. The molecular weight excluding hydrogens is 392 g/mol. The van der Waals surface area contributed by atoms with Gasteiger partial charge >= 0.3 is 5.97 Å². The highest BCUT2D eigenvalue weighted by atomic mass is 28.4. The van der Waals surface area contributed by atoms with Crippen molar-refractivity contribution in [3.05, 3.63) is 36.5 Å². The zero-order chi connectivity index (χ0) is 22.6. The summed E-state index contributed by atoms with van der Waals surface area (Å²) in [6, 6.07) is 0. The molecule has 0 saturated heterocycles. The number of esters is 1. The van der Waals surface area contributed by atoms with Crippen molar-refractivity contribution in [1.82, 2.24) is 0 Å². The van der Waals surface area contributed by atoms with Crippen LogP contribution in [-0.2, 0) is 14.0 Å². The van der Waals surface area contributed by atoms with Crippen molar-refractivity contribution in [3.63, 3.8) is 0 Å². The van der Waals surface area contributed by atoms with Gasteiger partial charge in [-0.05, 0) is 89.8 Å². The van der Waals surface area contributed by atoms with Crippen LogP contribution in [0.1, 0.15) is 65.2 Å². The third kappa shape index (κ3) is 10.2. The van der Waals surface area contributed by atoms with E-state index in [1.807, 2.05) is 0 Å². The lowest BCUT2D eigenvalue weighted by molar-refractivity contribution is -0.160. The van der Waals surface area contributed by atoms with Gasteiger partial charge in [0, 0.05) is 6.10 Å². The summed E-state index contributed by atoms with van der Waals surface area (Å²) in [5.41, 5.74) is -1.42. The van der Waals surface area contributed by atoms with Crippen LogP contribution in [0.5, 0.6) is 0 Å². The number of methoxy groups -OCH3 is 1. The molecule has 5 heteroatoms. The Kier molecular flexibility index (Phi) is 11.9. The van der Waals surface area contributed by atoms with Crippen LogP contribution in [0.4, 0.5) is 0 Å². The first-order chi connectivity index (χ1) is 14.1. The first kappa shape index (κ1) is 26.9. The number of allylic oxidation sites excluding steroid dienone is 6. The van der Waals surface area contributed by atoms with Gasteiger partial charge in [-0.25, -0.2) is 4.79 Å². The van der Waals surface area contributed by atoms with E-state index in [-0.39, 0.29) is 0 Å². The van der Waals surface area contributed by atoms with Crippen molar-refractivity contribution in [1.29, 1.82) is 0 Å². The third-order valence-corrected chi connectivity index (χ3v) is 6.61. The number of hydrogen-bond donors (Lipinski definition) is 1. The fraction of sp³-hybridized carbons (Fsp3) is 0.720. The molecule has 0 radical (unpaired) electrons. The molecule has 0 aromatic rings. The highest BCUT2D eigenvalue weighted by Gasteiger charge is 2.37. The number of aliphatic hydroxyl groups is 1. The average molecular weight is 437 g/mol. The van der Waals surface area contributed by atoms with Crippen molar-refractivity contribution in [2.45, 2.75) is 96.6 Å². The van der Waals surface area contributed by atoms with E-state index in [0.717, 1.165) is 32.1 Å². The van der Waals surface area contributed by atoms with Crippen LogP contribution in [0.3, 0.4) is 0 Å². The number of carbonyl (C=O) groups is 1. The van der Waals surface area contributed by atoms with Crippen molar-refractivity contribution in [2.75, 3.05) is 7.11 Å². The molecule has 0 aliphatic heterocycles. The second-order valence-electron chi connectivity index (χ2n) is 9.57. The quantitative estimate of drug-likeness (QED) is 0.162. The van der Waals surface area contributed by atoms with Crippen LogP contribution >= 0.6 is 0 Å². The maximum Gasteiger partial charge on any atom is 0.337 e.